The fourth-order valence-electron chi connectivity index (χ4n) is 1.28. The van der Waals surface area contributed by atoms with Gasteiger partial charge in [0.25, 0.3) is 0 Å². The van der Waals surface area contributed by atoms with Crippen LogP contribution in [0.3, 0.4) is 0 Å². The zero-order valence-electron chi connectivity index (χ0n) is 10.5. The molecule has 2 radical (unpaired) electrons. The first-order valence-electron chi connectivity index (χ1n) is 5.92. The molecule has 0 N–H and O–H groups in total. The van der Waals surface area contributed by atoms with Gasteiger partial charge in [-0.1, -0.05) is 27.2 Å². The Bertz CT molecular complexity index is 166. The lowest BCUT2D eigenvalue weighted by atomic mass is 9.95. The lowest BCUT2D eigenvalue weighted by Crippen LogP contribution is -2.10. The number of rotatable bonds is 8. The maximum Gasteiger partial charge on any atom is 0.306 e. The van der Waals surface area contributed by atoms with Crippen molar-refractivity contribution < 1.29 is 9.53 Å². The summed E-state index contributed by atoms with van der Waals surface area (Å²) in [6.07, 6.45) is 7.14. The van der Waals surface area contributed by atoms with Crippen molar-refractivity contribution in [1.82, 2.24) is 0 Å². The second-order valence-electron chi connectivity index (χ2n) is 4.08. The summed E-state index contributed by atoms with van der Waals surface area (Å²) in [4.78, 5) is 11.2. The van der Waals surface area contributed by atoms with Crippen LogP contribution in [-0.4, -0.2) is 12.6 Å². The Balaban J connectivity index is 3.48. The quantitative estimate of drug-likeness (QED) is 0.576. The van der Waals surface area contributed by atoms with Crippen LogP contribution in [-0.2, 0) is 9.53 Å². The van der Waals surface area contributed by atoms with Crippen LogP contribution in [0.5, 0.6) is 0 Å². The summed E-state index contributed by atoms with van der Waals surface area (Å²) in [6.45, 7) is 8.77. The number of carbonyl (C=O) groups excluding carboxylic acids is 1. The third-order valence-corrected chi connectivity index (χ3v) is 2.51. The molecular formula is C13H24O2. The van der Waals surface area contributed by atoms with Gasteiger partial charge < -0.3 is 4.74 Å². The zero-order valence-corrected chi connectivity index (χ0v) is 10.5. The summed E-state index contributed by atoms with van der Waals surface area (Å²) < 4.78 is 4.89. The van der Waals surface area contributed by atoms with Crippen LogP contribution in [0.25, 0.3) is 0 Å². The predicted molar refractivity (Wildman–Crippen MR) is 63.1 cm³/mol. The summed E-state index contributed by atoms with van der Waals surface area (Å²) in [5, 5.41) is 0. The summed E-state index contributed by atoms with van der Waals surface area (Å²) in [6, 6.07) is 0. The average molecular weight is 212 g/mol. The number of esters is 1. The van der Waals surface area contributed by atoms with Crippen LogP contribution in [0.15, 0.2) is 0 Å². The lowest BCUT2D eigenvalue weighted by Gasteiger charge is -2.11. The molecule has 2 heteroatoms. The van der Waals surface area contributed by atoms with E-state index in [1.807, 2.05) is 6.92 Å². The van der Waals surface area contributed by atoms with Gasteiger partial charge in [-0.3, -0.25) is 4.79 Å². The molecule has 0 fully saturated rings. The van der Waals surface area contributed by atoms with E-state index >= 15 is 0 Å². The summed E-state index contributed by atoms with van der Waals surface area (Å²) >= 11 is 0. The van der Waals surface area contributed by atoms with Crippen molar-refractivity contribution in [2.75, 3.05) is 6.61 Å². The molecule has 0 aromatic rings. The van der Waals surface area contributed by atoms with Gasteiger partial charge in [0.2, 0.25) is 0 Å². The van der Waals surface area contributed by atoms with E-state index in [1.54, 1.807) is 0 Å². The smallest absolute Gasteiger partial charge is 0.306 e. The molecule has 0 heterocycles. The highest BCUT2D eigenvalue weighted by atomic mass is 16.5. The van der Waals surface area contributed by atoms with Gasteiger partial charge >= 0.3 is 5.97 Å². The Morgan fingerprint density at radius 3 is 2.33 bits per heavy atom. The van der Waals surface area contributed by atoms with Gasteiger partial charge in [0, 0.05) is 6.42 Å². The molecule has 0 aromatic heterocycles. The minimum Gasteiger partial charge on any atom is -0.466 e. The van der Waals surface area contributed by atoms with E-state index in [2.05, 4.69) is 33.6 Å². The van der Waals surface area contributed by atoms with E-state index in [9.17, 15) is 4.79 Å². The first-order chi connectivity index (χ1) is 7.10. The number of carbonyl (C=O) groups is 1. The van der Waals surface area contributed by atoms with E-state index in [-0.39, 0.29) is 5.97 Å². The van der Waals surface area contributed by atoms with Gasteiger partial charge in [-0.2, -0.15) is 0 Å². The normalized spacial score (nSPS) is 14.7. The average Bonchev–Trinajstić information content (AvgIpc) is 2.17. The Morgan fingerprint density at radius 2 is 1.80 bits per heavy atom. The molecule has 0 amide bonds. The summed E-state index contributed by atoms with van der Waals surface area (Å²) in [7, 11) is 0. The SMILES string of the molecule is CCOC(=O)CC(C)[CH]C[CH]C(C)CC. The van der Waals surface area contributed by atoms with Crippen molar-refractivity contribution in [1.29, 1.82) is 0 Å². The fraction of sp³-hybridized carbons (Fsp3) is 0.769. The molecular weight excluding hydrogens is 188 g/mol. The van der Waals surface area contributed by atoms with E-state index in [0.29, 0.717) is 24.9 Å². The van der Waals surface area contributed by atoms with E-state index in [1.165, 1.54) is 6.42 Å². The molecule has 0 spiro atoms. The molecule has 0 aliphatic heterocycles. The monoisotopic (exact) mass is 212 g/mol. The molecule has 0 aliphatic rings. The number of ether oxygens (including phenoxy) is 1. The first kappa shape index (κ1) is 14.5. The van der Waals surface area contributed by atoms with Crippen LogP contribution in [0, 0.1) is 24.7 Å². The maximum atomic E-state index is 11.2. The molecule has 0 rings (SSSR count). The second kappa shape index (κ2) is 8.75. The van der Waals surface area contributed by atoms with Crippen molar-refractivity contribution in [3.8, 4) is 0 Å². The van der Waals surface area contributed by atoms with Crippen molar-refractivity contribution in [3.05, 3.63) is 12.8 Å². The lowest BCUT2D eigenvalue weighted by molar-refractivity contribution is -0.143. The molecule has 0 bridgehead atoms. The Hall–Kier alpha value is -0.530. The maximum absolute atomic E-state index is 11.2. The van der Waals surface area contributed by atoms with Crippen LogP contribution in [0.1, 0.15) is 47.0 Å². The van der Waals surface area contributed by atoms with Crippen LogP contribution in [0.2, 0.25) is 0 Å². The first-order valence-corrected chi connectivity index (χ1v) is 5.92. The van der Waals surface area contributed by atoms with E-state index in [4.69, 9.17) is 4.74 Å². The van der Waals surface area contributed by atoms with Crippen LogP contribution < -0.4 is 0 Å². The number of hydrogen-bond acceptors (Lipinski definition) is 2. The van der Waals surface area contributed by atoms with Crippen LogP contribution >= 0.6 is 0 Å². The van der Waals surface area contributed by atoms with Crippen molar-refractivity contribution in [3.63, 3.8) is 0 Å². The standard InChI is InChI=1S/C13H24O2/c1-5-11(3)8-7-9-12(4)10-13(14)15-6-2/h8-9,11-12H,5-7,10H2,1-4H3. The van der Waals surface area contributed by atoms with Crippen LogP contribution in [0.4, 0.5) is 0 Å². The van der Waals surface area contributed by atoms with Crippen molar-refractivity contribution in [2.24, 2.45) is 11.8 Å². The minimum atomic E-state index is -0.0928. The molecule has 0 aromatic carbocycles. The predicted octanol–water partition coefficient (Wildman–Crippen LogP) is 3.42. The third kappa shape index (κ3) is 8.46. The van der Waals surface area contributed by atoms with E-state index in [0.717, 1.165) is 6.42 Å². The second-order valence-corrected chi connectivity index (χ2v) is 4.08. The number of hydrogen-bond donors (Lipinski definition) is 0. The summed E-state index contributed by atoms with van der Waals surface area (Å²) in [5.41, 5.74) is 0. The van der Waals surface area contributed by atoms with Crippen molar-refractivity contribution in [2.45, 2.75) is 47.0 Å². The molecule has 2 unspecified atom stereocenters. The van der Waals surface area contributed by atoms with E-state index < -0.39 is 0 Å². The Kier molecular flexibility index (Phi) is 8.44. The van der Waals surface area contributed by atoms with Gasteiger partial charge in [-0.15, -0.1) is 0 Å². The van der Waals surface area contributed by atoms with Gasteiger partial charge in [-0.05, 0) is 38.0 Å². The highest BCUT2D eigenvalue weighted by Gasteiger charge is 2.10. The molecule has 15 heavy (non-hydrogen) atoms. The van der Waals surface area contributed by atoms with Crippen molar-refractivity contribution >= 4 is 5.97 Å². The zero-order chi connectivity index (χ0) is 11.7. The van der Waals surface area contributed by atoms with Gasteiger partial charge in [0.15, 0.2) is 0 Å². The van der Waals surface area contributed by atoms with Gasteiger partial charge in [-0.25, -0.2) is 0 Å². The fourth-order valence-corrected chi connectivity index (χ4v) is 1.28. The third-order valence-electron chi connectivity index (χ3n) is 2.51. The Morgan fingerprint density at radius 1 is 1.20 bits per heavy atom. The highest BCUT2D eigenvalue weighted by Crippen LogP contribution is 2.15. The highest BCUT2D eigenvalue weighted by molar-refractivity contribution is 5.69. The minimum absolute atomic E-state index is 0.0928. The summed E-state index contributed by atoms with van der Waals surface area (Å²) in [5.74, 6) is 0.880. The van der Waals surface area contributed by atoms with Gasteiger partial charge in [0.1, 0.15) is 0 Å². The molecule has 0 aliphatic carbocycles. The largest absolute Gasteiger partial charge is 0.466 e. The molecule has 0 saturated carbocycles. The molecule has 0 saturated heterocycles. The molecule has 88 valence electrons. The molecule has 2 atom stereocenters. The molecule has 2 nitrogen and oxygen atoms in total. The topological polar surface area (TPSA) is 26.3 Å². The van der Waals surface area contributed by atoms with Gasteiger partial charge in [0.05, 0.1) is 6.61 Å². The Labute approximate surface area is 94.4 Å².